The van der Waals surface area contributed by atoms with Gasteiger partial charge in [-0.1, -0.05) is 18.2 Å². The van der Waals surface area contributed by atoms with Gasteiger partial charge in [-0.2, -0.15) is 0 Å². The second kappa shape index (κ2) is 6.01. The number of aromatic nitrogens is 1. The summed E-state index contributed by atoms with van der Waals surface area (Å²) >= 11 is 1.68. The van der Waals surface area contributed by atoms with Crippen molar-refractivity contribution in [3.8, 4) is 10.4 Å². The van der Waals surface area contributed by atoms with Gasteiger partial charge in [0.2, 0.25) is 0 Å². The van der Waals surface area contributed by atoms with Gasteiger partial charge in [0.05, 0.1) is 15.8 Å². The maximum atomic E-state index is 13.0. The third-order valence-corrected chi connectivity index (χ3v) is 8.55. The Labute approximate surface area is 157 Å². The molecule has 0 amide bonds. The van der Waals surface area contributed by atoms with Gasteiger partial charge in [-0.3, -0.25) is 9.88 Å². The van der Waals surface area contributed by atoms with Gasteiger partial charge in [0.1, 0.15) is 0 Å². The fraction of sp³-hybridized carbons (Fsp3) is 0.250. The molecule has 5 rings (SSSR count). The summed E-state index contributed by atoms with van der Waals surface area (Å²) in [7, 11) is -3.25. The van der Waals surface area contributed by atoms with Crippen molar-refractivity contribution in [1.29, 1.82) is 0 Å². The van der Waals surface area contributed by atoms with Crippen molar-refractivity contribution in [2.75, 3.05) is 13.1 Å². The summed E-state index contributed by atoms with van der Waals surface area (Å²) in [6.45, 7) is 2.04. The maximum absolute atomic E-state index is 13.0. The SMILES string of the molecule is O=S1(=O)c2ccc(-c3cccs3)cc2[C@H]2CN(Cc3ccccn3)C[C@H]21. The zero-order valence-corrected chi connectivity index (χ0v) is 15.7. The van der Waals surface area contributed by atoms with Gasteiger partial charge in [0.15, 0.2) is 9.84 Å². The van der Waals surface area contributed by atoms with Crippen LogP contribution in [0.15, 0.2) is 65.0 Å². The molecule has 1 saturated heterocycles. The number of thiophene rings is 1. The average molecular weight is 383 g/mol. The first-order chi connectivity index (χ1) is 12.6. The van der Waals surface area contributed by atoms with Crippen LogP contribution >= 0.6 is 11.3 Å². The van der Waals surface area contributed by atoms with Crippen LogP contribution < -0.4 is 0 Å². The molecule has 0 unspecified atom stereocenters. The van der Waals surface area contributed by atoms with E-state index in [1.807, 2.05) is 35.7 Å². The van der Waals surface area contributed by atoms with E-state index in [4.69, 9.17) is 0 Å². The molecule has 1 fully saturated rings. The summed E-state index contributed by atoms with van der Waals surface area (Å²) in [4.78, 5) is 8.30. The lowest BCUT2D eigenvalue weighted by Crippen LogP contribution is -2.26. The monoisotopic (exact) mass is 382 g/mol. The standard InChI is InChI=1S/C20H18N2O2S2/c23-26(24)19-7-6-14(18-5-3-9-25-18)10-16(19)17-12-22(13-20(17)26)11-15-4-1-2-8-21-15/h1-10,17,20H,11-13H2/t17-,20-/m1/s1. The van der Waals surface area contributed by atoms with E-state index in [9.17, 15) is 8.42 Å². The minimum Gasteiger partial charge on any atom is -0.296 e. The van der Waals surface area contributed by atoms with Crippen molar-refractivity contribution in [3.05, 3.63) is 71.4 Å². The van der Waals surface area contributed by atoms with Gasteiger partial charge in [-0.25, -0.2) is 8.42 Å². The van der Waals surface area contributed by atoms with E-state index in [-0.39, 0.29) is 11.2 Å². The third kappa shape index (κ3) is 2.52. The highest BCUT2D eigenvalue weighted by atomic mass is 32.2. The second-order valence-corrected chi connectivity index (χ2v) is 10.0. The van der Waals surface area contributed by atoms with E-state index in [2.05, 4.69) is 22.0 Å². The molecule has 2 atom stereocenters. The smallest absolute Gasteiger partial charge is 0.183 e. The molecule has 2 aromatic heterocycles. The summed E-state index contributed by atoms with van der Waals surface area (Å²) in [6.07, 6.45) is 1.78. The summed E-state index contributed by atoms with van der Waals surface area (Å²) in [6, 6.07) is 15.8. The number of rotatable bonds is 3. The molecule has 4 nitrogen and oxygen atoms in total. The van der Waals surface area contributed by atoms with E-state index < -0.39 is 9.84 Å². The lowest BCUT2D eigenvalue weighted by Gasteiger charge is -2.17. The van der Waals surface area contributed by atoms with Crippen LogP contribution in [0.25, 0.3) is 10.4 Å². The van der Waals surface area contributed by atoms with Crippen LogP contribution in [0.3, 0.4) is 0 Å². The van der Waals surface area contributed by atoms with Gasteiger partial charge < -0.3 is 0 Å². The quantitative estimate of drug-likeness (QED) is 0.695. The van der Waals surface area contributed by atoms with Crippen LogP contribution in [0.5, 0.6) is 0 Å². The molecule has 0 aliphatic carbocycles. The number of pyridine rings is 1. The van der Waals surface area contributed by atoms with E-state index in [1.165, 1.54) is 4.88 Å². The summed E-state index contributed by atoms with van der Waals surface area (Å²) < 4.78 is 26.0. The van der Waals surface area contributed by atoms with Crippen molar-refractivity contribution < 1.29 is 8.42 Å². The maximum Gasteiger partial charge on any atom is 0.183 e. The molecule has 0 N–H and O–H groups in total. The molecule has 26 heavy (non-hydrogen) atoms. The Morgan fingerprint density at radius 1 is 1.12 bits per heavy atom. The van der Waals surface area contributed by atoms with Crippen LogP contribution in [0.4, 0.5) is 0 Å². The first-order valence-corrected chi connectivity index (χ1v) is 11.1. The highest BCUT2D eigenvalue weighted by Crippen LogP contribution is 2.46. The fourth-order valence-corrected chi connectivity index (χ4v) is 7.09. The van der Waals surface area contributed by atoms with Crippen LogP contribution in [0.1, 0.15) is 17.2 Å². The Morgan fingerprint density at radius 3 is 2.81 bits per heavy atom. The number of benzene rings is 1. The molecule has 0 radical (unpaired) electrons. The van der Waals surface area contributed by atoms with E-state index >= 15 is 0 Å². The minimum atomic E-state index is -3.25. The number of nitrogens with zero attached hydrogens (tertiary/aromatic N) is 2. The molecule has 0 saturated carbocycles. The predicted molar refractivity (Wildman–Crippen MR) is 103 cm³/mol. The molecule has 3 aromatic rings. The third-order valence-electron chi connectivity index (χ3n) is 5.37. The van der Waals surface area contributed by atoms with Gasteiger partial charge in [0, 0.05) is 36.6 Å². The molecule has 4 heterocycles. The van der Waals surface area contributed by atoms with Gasteiger partial charge >= 0.3 is 0 Å². The predicted octanol–water partition coefficient (Wildman–Crippen LogP) is 3.57. The van der Waals surface area contributed by atoms with Crippen molar-refractivity contribution >= 4 is 21.2 Å². The van der Waals surface area contributed by atoms with Crippen molar-refractivity contribution in [2.24, 2.45) is 0 Å². The molecule has 6 heteroatoms. The van der Waals surface area contributed by atoms with Crippen molar-refractivity contribution in [3.63, 3.8) is 0 Å². The van der Waals surface area contributed by atoms with Crippen LogP contribution in [-0.4, -0.2) is 36.6 Å². The Hall–Kier alpha value is -2.02. The van der Waals surface area contributed by atoms with Gasteiger partial charge in [0.25, 0.3) is 0 Å². The topological polar surface area (TPSA) is 50.3 Å². The Bertz CT molecular complexity index is 1050. The molecule has 2 aliphatic rings. The molecule has 1 aromatic carbocycles. The fourth-order valence-electron chi connectivity index (χ4n) is 4.17. The molecule has 2 aliphatic heterocycles. The first kappa shape index (κ1) is 16.2. The van der Waals surface area contributed by atoms with Crippen molar-refractivity contribution in [2.45, 2.75) is 22.6 Å². The summed E-state index contributed by atoms with van der Waals surface area (Å²) in [5.41, 5.74) is 3.08. The minimum absolute atomic E-state index is 0.0543. The Morgan fingerprint density at radius 2 is 2.04 bits per heavy atom. The van der Waals surface area contributed by atoms with E-state index in [0.717, 1.165) is 23.4 Å². The lowest BCUT2D eigenvalue weighted by molar-refractivity contribution is 0.321. The average Bonchev–Trinajstić information content (AvgIpc) is 3.35. The molecule has 0 spiro atoms. The normalized spacial score (nSPS) is 23.7. The molecular formula is C20H18N2O2S2. The zero-order valence-electron chi connectivity index (χ0n) is 14.1. The molecule has 0 bridgehead atoms. The van der Waals surface area contributed by atoms with E-state index in [1.54, 1.807) is 23.6 Å². The number of sulfone groups is 1. The molecular weight excluding hydrogens is 364 g/mol. The highest BCUT2D eigenvalue weighted by molar-refractivity contribution is 7.92. The zero-order chi connectivity index (χ0) is 17.7. The summed E-state index contributed by atoms with van der Waals surface area (Å²) in [5.74, 6) is 0.0543. The van der Waals surface area contributed by atoms with Crippen LogP contribution in [0.2, 0.25) is 0 Å². The van der Waals surface area contributed by atoms with Gasteiger partial charge in [-0.15, -0.1) is 11.3 Å². The second-order valence-electron chi connectivity index (χ2n) is 6.94. The van der Waals surface area contributed by atoms with Crippen molar-refractivity contribution in [1.82, 2.24) is 9.88 Å². The van der Waals surface area contributed by atoms with Gasteiger partial charge in [-0.05, 0) is 46.8 Å². The number of fused-ring (bicyclic) bond motifs is 3. The number of hydrogen-bond donors (Lipinski definition) is 0. The number of likely N-dealkylation sites (tertiary alicyclic amines) is 1. The number of hydrogen-bond acceptors (Lipinski definition) is 5. The lowest BCUT2D eigenvalue weighted by atomic mass is 9.96. The Balaban J connectivity index is 1.49. The molecule has 132 valence electrons. The van der Waals surface area contributed by atoms with Crippen LogP contribution in [-0.2, 0) is 16.4 Å². The first-order valence-electron chi connectivity index (χ1n) is 8.67. The summed E-state index contributed by atoms with van der Waals surface area (Å²) in [5, 5.41) is 1.71. The van der Waals surface area contributed by atoms with Crippen LogP contribution in [0, 0.1) is 0 Å². The largest absolute Gasteiger partial charge is 0.296 e. The Kier molecular flexibility index (Phi) is 3.74. The van der Waals surface area contributed by atoms with E-state index in [0.29, 0.717) is 18.0 Å². The highest BCUT2D eigenvalue weighted by Gasteiger charge is 2.50.